The Hall–Kier alpha value is -3.86. The minimum absolute atomic E-state index is 0.0755. The molecule has 0 bridgehead atoms. The number of nitrogens with zero attached hydrogens (tertiary/aromatic N) is 3. The summed E-state index contributed by atoms with van der Waals surface area (Å²) >= 11 is 0. The van der Waals surface area contributed by atoms with Gasteiger partial charge < -0.3 is 15.0 Å². The molecule has 0 spiro atoms. The van der Waals surface area contributed by atoms with Gasteiger partial charge in [0.05, 0.1) is 11.2 Å². The summed E-state index contributed by atoms with van der Waals surface area (Å²) in [6.07, 6.45) is 4.10. The lowest BCUT2D eigenvalue weighted by atomic mass is 10.0. The van der Waals surface area contributed by atoms with Crippen LogP contribution < -0.4 is 10.2 Å². The van der Waals surface area contributed by atoms with Crippen molar-refractivity contribution in [2.75, 3.05) is 37.0 Å². The van der Waals surface area contributed by atoms with E-state index >= 15 is 0 Å². The van der Waals surface area contributed by atoms with Crippen molar-refractivity contribution in [1.29, 1.82) is 0 Å². The summed E-state index contributed by atoms with van der Waals surface area (Å²) in [4.78, 5) is 33.1. The van der Waals surface area contributed by atoms with Crippen LogP contribution in [0.5, 0.6) is 0 Å². The van der Waals surface area contributed by atoms with Gasteiger partial charge in [-0.15, -0.1) is 0 Å². The van der Waals surface area contributed by atoms with Gasteiger partial charge in [-0.1, -0.05) is 36.8 Å². The van der Waals surface area contributed by atoms with E-state index in [1.807, 2.05) is 24.3 Å². The summed E-state index contributed by atoms with van der Waals surface area (Å²) in [6, 6.07) is 16.9. The van der Waals surface area contributed by atoms with Crippen LogP contribution in [0.3, 0.4) is 0 Å². The van der Waals surface area contributed by atoms with Crippen molar-refractivity contribution < 1.29 is 22.7 Å². The fourth-order valence-corrected chi connectivity index (χ4v) is 7.65. The molecule has 0 saturated carbocycles. The number of para-hydroxylation sites is 1. The molecular formula is C30H30N4O5S. The molecule has 1 N–H and O–H groups in total. The van der Waals surface area contributed by atoms with Crippen LogP contribution in [0.25, 0.3) is 21.7 Å². The third-order valence-corrected chi connectivity index (χ3v) is 9.65. The number of aromatic nitrogens is 1. The molecule has 1 fully saturated rings. The molecule has 3 aromatic carbocycles. The van der Waals surface area contributed by atoms with E-state index in [4.69, 9.17) is 4.74 Å². The molecule has 1 saturated heterocycles. The normalized spacial score (nSPS) is 17.6. The van der Waals surface area contributed by atoms with Crippen molar-refractivity contribution in [2.45, 2.75) is 36.6 Å². The first kappa shape index (κ1) is 26.4. The molecule has 2 aliphatic rings. The molecule has 1 atom stereocenters. The molecule has 4 aromatic rings. The summed E-state index contributed by atoms with van der Waals surface area (Å²) < 4.78 is 34.3. The quantitative estimate of drug-likeness (QED) is 0.318. The zero-order valence-corrected chi connectivity index (χ0v) is 23.0. The van der Waals surface area contributed by atoms with Gasteiger partial charge in [-0.25, -0.2) is 8.42 Å². The van der Waals surface area contributed by atoms with Crippen molar-refractivity contribution in [3.8, 4) is 0 Å². The van der Waals surface area contributed by atoms with Crippen LogP contribution in [0.15, 0.2) is 71.8 Å². The van der Waals surface area contributed by atoms with Crippen molar-refractivity contribution in [3.05, 3.63) is 72.4 Å². The number of benzene rings is 3. The average molecular weight is 559 g/mol. The molecule has 206 valence electrons. The summed E-state index contributed by atoms with van der Waals surface area (Å²) in [7, 11) is -2.37. The number of nitrogens with one attached hydrogen (secondary N) is 1. The number of piperidine rings is 1. The lowest BCUT2D eigenvalue weighted by Crippen LogP contribution is -2.49. The monoisotopic (exact) mass is 558 g/mol. The first-order valence-electron chi connectivity index (χ1n) is 13.4. The topological polar surface area (TPSA) is 109 Å². The van der Waals surface area contributed by atoms with E-state index in [9.17, 15) is 18.0 Å². The maximum absolute atomic E-state index is 13.9. The van der Waals surface area contributed by atoms with E-state index in [0.717, 1.165) is 28.3 Å². The Morgan fingerprint density at radius 1 is 1.07 bits per heavy atom. The van der Waals surface area contributed by atoms with Crippen LogP contribution >= 0.6 is 0 Å². The Labute approximate surface area is 232 Å². The van der Waals surface area contributed by atoms with Gasteiger partial charge in [0.25, 0.3) is 5.91 Å². The van der Waals surface area contributed by atoms with Gasteiger partial charge in [0, 0.05) is 60.4 Å². The molecule has 3 heterocycles. The molecule has 0 aliphatic carbocycles. The number of anilines is 2. The largest absolute Gasteiger partial charge is 0.385 e. The van der Waals surface area contributed by atoms with Crippen molar-refractivity contribution in [1.82, 2.24) is 9.29 Å². The SMILES string of the molecule is COCCCN1C(=O)c2cccc3c(NC(=O)C4CCCCN4S(=O)(=O)c4cccc5cccnc45)ccc1c23. The Morgan fingerprint density at radius 3 is 2.75 bits per heavy atom. The van der Waals surface area contributed by atoms with Crippen LogP contribution in [0.1, 0.15) is 36.0 Å². The summed E-state index contributed by atoms with van der Waals surface area (Å²) in [5, 5.41) is 5.26. The minimum atomic E-state index is -4.00. The maximum atomic E-state index is 13.9. The van der Waals surface area contributed by atoms with E-state index in [2.05, 4.69) is 10.3 Å². The number of pyridine rings is 1. The fourth-order valence-electron chi connectivity index (χ4n) is 5.83. The first-order valence-corrected chi connectivity index (χ1v) is 14.9. The molecular weight excluding hydrogens is 528 g/mol. The van der Waals surface area contributed by atoms with Crippen molar-refractivity contribution in [2.24, 2.45) is 0 Å². The van der Waals surface area contributed by atoms with E-state index in [0.29, 0.717) is 49.2 Å². The highest BCUT2D eigenvalue weighted by molar-refractivity contribution is 7.89. The molecule has 9 nitrogen and oxygen atoms in total. The molecule has 1 unspecified atom stereocenters. The lowest BCUT2D eigenvalue weighted by Gasteiger charge is -2.33. The van der Waals surface area contributed by atoms with Crippen LogP contribution in [0, 0.1) is 0 Å². The first-order chi connectivity index (χ1) is 19.4. The standard InChI is InChI=1S/C30H30N4O5S/c1-39-19-7-17-33-24-15-14-23(21-10-5-11-22(27(21)24)30(33)36)32-29(35)25-12-2-3-18-34(25)40(37,38)26-13-4-8-20-9-6-16-31-28(20)26/h4-6,8-11,13-16,25H,2-3,7,12,17-19H2,1H3,(H,32,35). The number of rotatable bonds is 8. The van der Waals surface area contributed by atoms with E-state index in [1.165, 1.54) is 4.31 Å². The molecule has 6 rings (SSSR count). The highest BCUT2D eigenvalue weighted by Gasteiger charge is 2.39. The zero-order valence-electron chi connectivity index (χ0n) is 22.2. The average Bonchev–Trinajstić information content (AvgIpc) is 3.26. The second-order valence-corrected chi connectivity index (χ2v) is 12.0. The number of methoxy groups -OCH3 is 1. The van der Waals surface area contributed by atoms with Crippen molar-refractivity contribution >= 4 is 54.9 Å². The zero-order chi connectivity index (χ0) is 27.9. The molecule has 0 radical (unpaired) electrons. The second kappa shape index (κ2) is 10.6. The number of hydrogen-bond acceptors (Lipinski definition) is 6. The predicted molar refractivity (Wildman–Crippen MR) is 154 cm³/mol. The summed E-state index contributed by atoms with van der Waals surface area (Å²) in [5.74, 6) is -0.466. The third-order valence-electron chi connectivity index (χ3n) is 7.71. The molecule has 2 amide bonds. The van der Waals surface area contributed by atoms with Crippen LogP contribution in [0.4, 0.5) is 11.4 Å². The van der Waals surface area contributed by atoms with Gasteiger partial charge in [-0.05, 0) is 49.6 Å². The lowest BCUT2D eigenvalue weighted by molar-refractivity contribution is -0.120. The van der Waals surface area contributed by atoms with Gasteiger partial charge in [0.1, 0.15) is 10.9 Å². The van der Waals surface area contributed by atoms with E-state index < -0.39 is 22.0 Å². The number of carbonyl (C=O) groups is 2. The molecule has 1 aromatic heterocycles. The third kappa shape index (κ3) is 4.42. The number of amides is 2. The summed E-state index contributed by atoms with van der Waals surface area (Å²) in [6.45, 7) is 1.32. The molecule has 10 heteroatoms. The Balaban J connectivity index is 1.32. The van der Waals surface area contributed by atoms with Gasteiger partial charge in [0.2, 0.25) is 15.9 Å². The maximum Gasteiger partial charge on any atom is 0.258 e. The molecule has 2 aliphatic heterocycles. The number of carbonyl (C=O) groups excluding carboxylic acids is 2. The van der Waals surface area contributed by atoms with Crippen LogP contribution in [0.2, 0.25) is 0 Å². The van der Waals surface area contributed by atoms with Crippen LogP contribution in [-0.4, -0.2) is 62.4 Å². The van der Waals surface area contributed by atoms with Gasteiger partial charge in [0.15, 0.2) is 0 Å². The number of ether oxygens (including phenoxy) is 1. The van der Waals surface area contributed by atoms with Gasteiger partial charge >= 0.3 is 0 Å². The Bertz CT molecular complexity index is 1730. The van der Waals surface area contributed by atoms with E-state index in [1.54, 1.807) is 54.6 Å². The second-order valence-electron chi connectivity index (χ2n) is 10.1. The van der Waals surface area contributed by atoms with Gasteiger partial charge in [-0.2, -0.15) is 4.31 Å². The highest BCUT2D eigenvalue weighted by atomic mass is 32.2. The highest BCUT2D eigenvalue weighted by Crippen LogP contribution is 2.41. The predicted octanol–water partition coefficient (Wildman–Crippen LogP) is 4.57. The minimum Gasteiger partial charge on any atom is -0.385 e. The van der Waals surface area contributed by atoms with Gasteiger partial charge in [-0.3, -0.25) is 14.6 Å². The smallest absolute Gasteiger partial charge is 0.258 e. The number of sulfonamides is 1. The fraction of sp³-hybridized carbons (Fsp3) is 0.300. The van der Waals surface area contributed by atoms with Crippen LogP contribution in [-0.2, 0) is 19.6 Å². The number of fused-ring (bicyclic) bond motifs is 1. The Morgan fingerprint density at radius 2 is 1.90 bits per heavy atom. The van der Waals surface area contributed by atoms with Crippen molar-refractivity contribution in [3.63, 3.8) is 0 Å². The summed E-state index contributed by atoms with van der Waals surface area (Å²) in [5.41, 5.74) is 2.33. The Kier molecular flexibility index (Phi) is 6.99. The molecule has 40 heavy (non-hydrogen) atoms. The number of hydrogen-bond donors (Lipinski definition) is 1. The van der Waals surface area contributed by atoms with E-state index in [-0.39, 0.29) is 17.3 Å².